The van der Waals surface area contributed by atoms with Crippen LogP contribution in [0.3, 0.4) is 0 Å². The molecule has 2 aromatic heterocycles. The van der Waals surface area contributed by atoms with Gasteiger partial charge >= 0.3 is 6.18 Å². The number of hydrogen-bond acceptors (Lipinski definition) is 3. The first-order valence-corrected chi connectivity index (χ1v) is 14.2. The number of aromatic nitrogens is 2. The second-order valence-corrected chi connectivity index (χ2v) is 12.3. The Morgan fingerprint density at radius 2 is 1.79 bits per heavy atom. The molecular weight excluding hydrogens is 499 g/mol. The summed E-state index contributed by atoms with van der Waals surface area (Å²) in [4.78, 5) is 2.51. The number of fused-ring (bicyclic) bond motifs is 1. The van der Waals surface area contributed by atoms with Crippen LogP contribution in [0.25, 0.3) is 22.2 Å². The van der Waals surface area contributed by atoms with Gasteiger partial charge in [0.25, 0.3) is 0 Å². The van der Waals surface area contributed by atoms with Crippen LogP contribution in [0.15, 0.2) is 53.2 Å². The quantitative estimate of drug-likeness (QED) is 0.259. The van der Waals surface area contributed by atoms with Gasteiger partial charge in [-0.15, -0.1) is 0 Å². The van der Waals surface area contributed by atoms with E-state index in [1.54, 1.807) is 6.07 Å². The Bertz CT molecular complexity index is 1530. The van der Waals surface area contributed by atoms with Crippen molar-refractivity contribution in [2.24, 2.45) is 18.4 Å². The lowest BCUT2D eigenvalue weighted by Gasteiger charge is -2.53. The first kappa shape index (κ1) is 24.8. The van der Waals surface area contributed by atoms with Crippen molar-refractivity contribution in [1.29, 1.82) is 0 Å². The minimum Gasteiger partial charge on any atom is -0.371 e. The Labute approximate surface area is 226 Å². The summed E-state index contributed by atoms with van der Waals surface area (Å²) in [6, 6.07) is 12.6. The van der Waals surface area contributed by atoms with E-state index in [0.29, 0.717) is 22.9 Å². The van der Waals surface area contributed by atoms with Gasteiger partial charge < -0.3 is 14.0 Å². The van der Waals surface area contributed by atoms with E-state index in [1.807, 2.05) is 0 Å². The summed E-state index contributed by atoms with van der Waals surface area (Å²) >= 11 is 0. The lowest BCUT2D eigenvalue weighted by molar-refractivity contribution is -0.137. The zero-order chi connectivity index (χ0) is 26.9. The highest BCUT2D eigenvalue weighted by Crippen LogP contribution is 2.55. The molecule has 0 radical (unpaired) electrons. The van der Waals surface area contributed by atoms with Crippen molar-refractivity contribution in [3.63, 3.8) is 0 Å². The monoisotopic (exact) mass is 533 g/mol. The van der Waals surface area contributed by atoms with Gasteiger partial charge in [0.1, 0.15) is 11.5 Å². The topological polar surface area (TPSA) is 34.2 Å². The molecule has 3 heterocycles. The Morgan fingerprint density at radius 3 is 2.51 bits per heavy atom. The van der Waals surface area contributed by atoms with Crippen LogP contribution in [0.5, 0.6) is 0 Å². The number of anilines is 1. The van der Waals surface area contributed by atoms with Gasteiger partial charge in [-0.2, -0.15) is 13.2 Å². The Morgan fingerprint density at radius 1 is 1.05 bits per heavy atom. The fourth-order valence-electron chi connectivity index (χ4n) is 7.35. The number of hydrogen-bond donors (Lipinski definition) is 0. The lowest BCUT2D eigenvalue weighted by Crippen LogP contribution is -2.47. The maximum Gasteiger partial charge on any atom is 0.417 e. The summed E-state index contributed by atoms with van der Waals surface area (Å²) in [6.45, 7) is 4.25. The molecule has 3 aliphatic rings. The molecule has 1 saturated heterocycles. The molecule has 4 aromatic rings. The normalized spacial score (nSPS) is 19.7. The zero-order valence-electron chi connectivity index (χ0n) is 22.5. The summed E-state index contributed by atoms with van der Waals surface area (Å²) in [6.07, 6.45) is 5.16. The number of benzene rings is 2. The van der Waals surface area contributed by atoms with Gasteiger partial charge in [0, 0.05) is 54.5 Å². The zero-order valence-corrected chi connectivity index (χ0v) is 22.5. The van der Waals surface area contributed by atoms with Crippen LogP contribution >= 0.6 is 0 Å². The van der Waals surface area contributed by atoms with E-state index < -0.39 is 11.7 Å². The van der Waals surface area contributed by atoms with Crippen LogP contribution in [0.4, 0.5) is 18.9 Å². The van der Waals surface area contributed by atoms with Gasteiger partial charge in [-0.25, -0.2) is 0 Å². The van der Waals surface area contributed by atoms with Gasteiger partial charge in [-0.05, 0) is 87.0 Å². The number of alkyl halides is 3. The number of nitrogens with zero attached hydrogens (tertiary/aromatic N) is 3. The number of rotatable bonds is 5. The van der Waals surface area contributed by atoms with Crippen LogP contribution in [0, 0.1) is 18.3 Å². The average molecular weight is 534 g/mol. The van der Waals surface area contributed by atoms with Gasteiger partial charge in [-0.1, -0.05) is 29.4 Å². The second kappa shape index (κ2) is 8.90. The molecule has 1 aliphatic heterocycles. The molecule has 3 fully saturated rings. The Hall–Kier alpha value is -3.22. The minimum absolute atomic E-state index is 0.142. The summed E-state index contributed by atoms with van der Waals surface area (Å²) < 4.78 is 49.4. The third-order valence-electron chi connectivity index (χ3n) is 9.55. The highest BCUT2D eigenvalue weighted by molar-refractivity contribution is 5.87. The van der Waals surface area contributed by atoms with Crippen molar-refractivity contribution in [2.45, 2.75) is 64.0 Å². The van der Waals surface area contributed by atoms with Crippen LogP contribution in [0.1, 0.15) is 66.9 Å². The van der Waals surface area contributed by atoms with Gasteiger partial charge in [0.15, 0.2) is 0 Å². The molecule has 2 saturated carbocycles. The first-order chi connectivity index (χ1) is 18.7. The lowest BCUT2D eigenvalue weighted by atomic mass is 9.56. The van der Waals surface area contributed by atoms with Crippen molar-refractivity contribution >= 4 is 16.6 Å². The Balaban J connectivity index is 1.06. The van der Waals surface area contributed by atoms with Crippen LogP contribution in [0.2, 0.25) is 0 Å². The summed E-state index contributed by atoms with van der Waals surface area (Å²) in [5, 5.41) is 5.54. The molecule has 2 aliphatic carbocycles. The SMILES string of the molecule is Cc1cn(C)c2cc(N3CCC4(CC3)CC(Cc3c(-c5ccccc5C(F)(F)F)noc3C3CC3)C4)ccc12. The maximum atomic E-state index is 13.8. The molecule has 2 aromatic carbocycles. The number of aryl methyl sites for hydroxylation is 2. The molecule has 39 heavy (non-hydrogen) atoms. The summed E-state index contributed by atoms with van der Waals surface area (Å²) in [5.41, 5.74) is 5.04. The van der Waals surface area contributed by atoms with Crippen LogP contribution in [-0.2, 0) is 19.6 Å². The van der Waals surface area contributed by atoms with Crippen molar-refractivity contribution in [1.82, 2.24) is 9.72 Å². The van der Waals surface area contributed by atoms with Crippen molar-refractivity contribution in [3.8, 4) is 11.3 Å². The number of piperidine rings is 1. The summed E-state index contributed by atoms with van der Waals surface area (Å²) in [7, 11) is 2.11. The smallest absolute Gasteiger partial charge is 0.371 e. The molecule has 0 bridgehead atoms. The van der Waals surface area contributed by atoms with E-state index in [1.165, 1.54) is 34.3 Å². The molecule has 0 amide bonds. The highest BCUT2D eigenvalue weighted by atomic mass is 19.4. The van der Waals surface area contributed by atoms with Crippen molar-refractivity contribution in [2.75, 3.05) is 18.0 Å². The van der Waals surface area contributed by atoms with Crippen LogP contribution in [-0.4, -0.2) is 22.8 Å². The molecule has 7 rings (SSSR count). The molecule has 204 valence electrons. The van der Waals surface area contributed by atoms with Crippen molar-refractivity contribution in [3.05, 3.63) is 71.1 Å². The van der Waals surface area contributed by atoms with Gasteiger partial charge in [0.05, 0.1) is 11.1 Å². The van der Waals surface area contributed by atoms with E-state index in [0.717, 1.165) is 75.4 Å². The highest BCUT2D eigenvalue weighted by Gasteiger charge is 2.47. The molecule has 0 atom stereocenters. The molecule has 0 N–H and O–H groups in total. The molecule has 7 heteroatoms. The van der Waals surface area contributed by atoms with E-state index in [4.69, 9.17) is 4.52 Å². The third kappa shape index (κ3) is 4.34. The van der Waals surface area contributed by atoms with Crippen molar-refractivity contribution < 1.29 is 17.7 Å². The third-order valence-corrected chi connectivity index (χ3v) is 9.55. The maximum absolute atomic E-state index is 13.8. The van der Waals surface area contributed by atoms with Gasteiger partial charge in [-0.3, -0.25) is 0 Å². The Kier molecular flexibility index (Phi) is 5.66. The van der Waals surface area contributed by atoms with Gasteiger partial charge in [0.2, 0.25) is 0 Å². The average Bonchev–Trinajstić information content (AvgIpc) is 3.60. The fourth-order valence-corrected chi connectivity index (χ4v) is 7.35. The predicted octanol–water partition coefficient (Wildman–Crippen LogP) is 8.28. The largest absolute Gasteiger partial charge is 0.417 e. The van der Waals surface area contributed by atoms with E-state index >= 15 is 0 Å². The second-order valence-electron chi connectivity index (χ2n) is 12.3. The summed E-state index contributed by atoms with van der Waals surface area (Å²) in [5.74, 6) is 1.60. The van der Waals surface area contributed by atoms with E-state index in [-0.39, 0.29) is 5.56 Å². The van der Waals surface area contributed by atoms with E-state index in [9.17, 15) is 13.2 Å². The predicted molar refractivity (Wildman–Crippen MR) is 147 cm³/mol. The first-order valence-electron chi connectivity index (χ1n) is 14.2. The van der Waals surface area contributed by atoms with Crippen LogP contribution < -0.4 is 4.90 Å². The number of halogens is 3. The van der Waals surface area contributed by atoms with E-state index in [2.05, 4.69) is 53.0 Å². The fraction of sp³-hybridized carbons (Fsp3) is 0.469. The molecular formula is C32H34F3N3O. The molecule has 4 nitrogen and oxygen atoms in total. The minimum atomic E-state index is -4.43. The molecule has 0 unspecified atom stereocenters. The molecule has 1 spiro atoms. The standard InChI is InChI=1S/C32H34F3N3O/c1-20-19-37(2)28-16-23(9-10-24(20)28)38-13-11-31(12-14-38)17-21(18-31)15-26-29(36-39-30(26)22-7-8-22)25-5-3-4-6-27(25)32(33,34)35/h3-6,9-10,16,19,21-22H,7-8,11-15,17-18H2,1-2H3.